The molecule has 0 saturated carbocycles. The molecule has 0 amide bonds. The molecule has 2 nitrogen and oxygen atoms in total. The van der Waals surface area contributed by atoms with E-state index in [-0.39, 0.29) is 0 Å². The number of benzene rings is 1. The maximum atomic E-state index is 4.20. The van der Waals surface area contributed by atoms with Crippen LogP contribution in [0.2, 0.25) is 0 Å². The van der Waals surface area contributed by atoms with Crippen molar-refractivity contribution in [1.29, 1.82) is 0 Å². The van der Waals surface area contributed by atoms with E-state index >= 15 is 0 Å². The van der Waals surface area contributed by atoms with E-state index in [0.29, 0.717) is 5.75 Å². The predicted molar refractivity (Wildman–Crippen MR) is 60.3 cm³/mol. The van der Waals surface area contributed by atoms with Crippen molar-refractivity contribution in [3.8, 4) is 11.8 Å². The Kier molecular flexibility index (Phi) is 2.66. The molecular formula is C11H8N2S. The highest BCUT2D eigenvalue weighted by Gasteiger charge is 1.94. The van der Waals surface area contributed by atoms with E-state index < -0.39 is 0 Å². The molecule has 1 heterocycles. The molecule has 0 saturated heterocycles. The van der Waals surface area contributed by atoms with E-state index in [1.807, 2.05) is 18.2 Å². The number of aromatic nitrogens is 2. The van der Waals surface area contributed by atoms with Crippen molar-refractivity contribution in [2.75, 3.05) is 5.75 Å². The lowest BCUT2D eigenvalue weighted by atomic mass is 10.2. The third-order valence-electron chi connectivity index (χ3n) is 1.78. The lowest BCUT2D eigenvalue weighted by Crippen LogP contribution is -1.83. The minimum absolute atomic E-state index is 0.568. The van der Waals surface area contributed by atoms with Gasteiger partial charge >= 0.3 is 0 Å². The zero-order valence-corrected chi connectivity index (χ0v) is 8.33. The van der Waals surface area contributed by atoms with Crippen LogP contribution in [0, 0.1) is 11.8 Å². The molecule has 0 unspecified atom stereocenters. The molecule has 3 heteroatoms. The number of thiol groups is 1. The zero-order chi connectivity index (χ0) is 9.80. The number of hydrogen-bond acceptors (Lipinski definition) is 3. The smallest absolute Gasteiger partial charge is 0.0899 e. The highest BCUT2D eigenvalue weighted by atomic mass is 32.1. The fourth-order valence-electron chi connectivity index (χ4n) is 1.18. The minimum Gasteiger partial charge on any atom is -0.253 e. The van der Waals surface area contributed by atoms with E-state index in [2.05, 4.69) is 34.4 Å². The maximum Gasteiger partial charge on any atom is 0.0899 e. The molecule has 0 radical (unpaired) electrons. The average Bonchev–Trinajstić information content (AvgIpc) is 2.26. The minimum atomic E-state index is 0.568. The van der Waals surface area contributed by atoms with Crippen molar-refractivity contribution < 1.29 is 0 Å². The van der Waals surface area contributed by atoms with Gasteiger partial charge in [0, 0.05) is 18.0 Å². The Hall–Kier alpha value is -1.53. The van der Waals surface area contributed by atoms with Gasteiger partial charge in [0.25, 0.3) is 0 Å². The van der Waals surface area contributed by atoms with Crippen LogP contribution < -0.4 is 0 Å². The van der Waals surface area contributed by atoms with Crippen LogP contribution in [0.1, 0.15) is 5.56 Å². The maximum absolute atomic E-state index is 4.20. The third kappa shape index (κ3) is 1.86. The van der Waals surface area contributed by atoms with Gasteiger partial charge in [-0.2, -0.15) is 12.6 Å². The van der Waals surface area contributed by atoms with Crippen LogP contribution in [0.4, 0.5) is 0 Å². The first kappa shape index (κ1) is 9.04. The Morgan fingerprint density at radius 3 is 2.71 bits per heavy atom. The van der Waals surface area contributed by atoms with Crippen molar-refractivity contribution >= 4 is 23.7 Å². The van der Waals surface area contributed by atoms with Gasteiger partial charge in [-0.15, -0.1) is 0 Å². The molecule has 14 heavy (non-hydrogen) atoms. The van der Waals surface area contributed by atoms with Gasteiger partial charge in [0.05, 0.1) is 16.8 Å². The van der Waals surface area contributed by atoms with Crippen LogP contribution in [0.25, 0.3) is 11.0 Å². The van der Waals surface area contributed by atoms with Crippen LogP contribution >= 0.6 is 12.6 Å². The van der Waals surface area contributed by atoms with Crippen molar-refractivity contribution in [3.05, 3.63) is 36.2 Å². The molecule has 0 aliphatic rings. The molecule has 0 fully saturated rings. The van der Waals surface area contributed by atoms with Crippen molar-refractivity contribution in [3.63, 3.8) is 0 Å². The molecule has 0 atom stereocenters. The quantitative estimate of drug-likeness (QED) is 0.519. The molecule has 1 aromatic heterocycles. The number of fused-ring (bicyclic) bond motifs is 1. The van der Waals surface area contributed by atoms with E-state index in [1.165, 1.54) is 0 Å². The van der Waals surface area contributed by atoms with Gasteiger partial charge < -0.3 is 0 Å². The number of nitrogens with zero attached hydrogens (tertiary/aromatic N) is 2. The van der Waals surface area contributed by atoms with Gasteiger partial charge in [-0.1, -0.05) is 11.8 Å². The van der Waals surface area contributed by atoms with Crippen LogP contribution in [0.5, 0.6) is 0 Å². The second-order valence-electron chi connectivity index (χ2n) is 2.72. The summed E-state index contributed by atoms with van der Waals surface area (Å²) in [5, 5.41) is 0. The molecular weight excluding hydrogens is 192 g/mol. The molecule has 0 spiro atoms. The summed E-state index contributed by atoms with van der Waals surface area (Å²) in [6.07, 6.45) is 3.36. The molecule has 68 valence electrons. The SMILES string of the molecule is SCC#Cc1ccc2nccnc2c1. The first-order valence-corrected chi connectivity index (χ1v) is 4.84. The molecule has 1 aromatic carbocycles. The Labute approximate surface area is 87.8 Å². The van der Waals surface area contributed by atoms with Crippen LogP contribution in [-0.2, 0) is 0 Å². The average molecular weight is 200 g/mol. The Morgan fingerprint density at radius 2 is 1.93 bits per heavy atom. The van der Waals surface area contributed by atoms with Gasteiger partial charge in [0.1, 0.15) is 0 Å². The topological polar surface area (TPSA) is 25.8 Å². The molecule has 0 bridgehead atoms. The first-order valence-electron chi connectivity index (χ1n) is 4.20. The fourth-order valence-corrected chi connectivity index (χ4v) is 1.26. The normalized spacial score (nSPS) is 9.50. The largest absolute Gasteiger partial charge is 0.253 e. The molecule has 2 rings (SSSR count). The monoisotopic (exact) mass is 200 g/mol. The summed E-state index contributed by atoms with van der Waals surface area (Å²) in [4.78, 5) is 8.38. The fraction of sp³-hybridized carbons (Fsp3) is 0.0909. The van der Waals surface area contributed by atoms with Crippen molar-refractivity contribution in [2.24, 2.45) is 0 Å². The Balaban J connectivity index is 2.51. The Morgan fingerprint density at radius 1 is 1.14 bits per heavy atom. The third-order valence-corrected chi connectivity index (χ3v) is 1.94. The highest BCUT2D eigenvalue weighted by molar-refractivity contribution is 7.80. The zero-order valence-electron chi connectivity index (χ0n) is 7.44. The van der Waals surface area contributed by atoms with E-state index in [4.69, 9.17) is 0 Å². The summed E-state index contributed by atoms with van der Waals surface area (Å²) in [7, 11) is 0. The van der Waals surface area contributed by atoms with Gasteiger partial charge in [0.2, 0.25) is 0 Å². The second kappa shape index (κ2) is 4.12. The predicted octanol–water partition coefficient (Wildman–Crippen LogP) is 1.91. The van der Waals surface area contributed by atoms with Crippen LogP contribution in [-0.4, -0.2) is 15.7 Å². The summed E-state index contributed by atoms with van der Waals surface area (Å²) in [6, 6.07) is 5.79. The van der Waals surface area contributed by atoms with Gasteiger partial charge in [-0.3, -0.25) is 9.97 Å². The van der Waals surface area contributed by atoms with E-state index in [1.54, 1.807) is 12.4 Å². The summed E-state index contributed by atoms with van der Waals surface area (Å²) >= 11 is 4.02. The summed E-state index contributed by atoms with van der Waals surface area (Å²) in [6.45, 7) is 0. The molecule has 2 aromatic rings. The lowest BCUT2D eigenvalue weighted by Gasteiger charge is -1.95. The van der Waals surface area contributed by atoms with Gasteiger partial charge in [0.15, 0.2) is 0 Å². The van der Waals surface area contributed by atoms with E-state index in [9.17, 15) is 0 Å². The Bertz CT molecular complexity index is 511. The summed E-state index contributed by atoms with van der Waals surface area (Å²) < 4.78 is 0. The van der Waals surface area contributed by atoms with Crippen molar-refractivity contribution in [1.82, 2.24) is 9.97 Å². The standard InChI is InChI=1S/C11H8N2S/c14-7-1-2-9-3-4-10-11(8-9)13-6-5-12-10/h3-6,8,14H,7H2. The highest BCUT2D eigenvalue weighted by Crippen LogP contribution is 2.09. The lowest BCUT2D eigenvalue weighted by molar-refractivity contribution is 1.29. The summed E-state index contributed by atoms with van der Waals surface area (Å²) in [5.41, 5.74) is 2.72. The van der Waals surface area contributed by atoms with Gasteiger partial charge in [-0.05, 0) is 18.2 Å². The first-order chi connectivity index (χ1) is 6.90. The molecule has 0 N–H and O–H groups in total. The molecule has 0 aliphatic heterocycles. The second-order valence-corrected chi connectivity index (χ2v) is 3.04. The van der Waals surface area contributed by atoms with Crippen LogP contribution in [0.3, 0.4) is 0 Å². The van der Waals surface area contributed by atoms with Crippen LogP contribution in [0.15, 0.2) is 30.6 Å². The number of rotatable bonds is 0. The van der Waals surface area contributed by atoms with Gasteiger partial charge in [-0.25, -0.2) is 0 Å². The van der Waals surface area contributed by atoms with E-state index in [0.717, 1.165) is 16.6 Å². The molecule has 0 aliphatic carbocycles. The van der Waals surface area contributed by atoms with Crippen molar-refractivity contribution in [2.45, 2.75) is 0 Å². The number of hydrogen-bond donors (Lipinski definition) is 1. The summed E-state index contributed by atoms with van der Waals surface area (Å²) in [5.74, 6) is 6.46.